The molecule has 2 heterocycles. The van der Waals surface area contributed by atoms with Crippen molar-refractivity contribution in [3.8, 4) is 39.1 Å². The summed E-state index contributed by atoms with van der Waals surface area (Å²) in [6, 6.07) is 78.1. The second-order valence-electron chi connectivity index (χ2n) is 14.5. The van der Waals surface area contributed by atoms with Gasteiger partial charge in [0, 0.05) is 50.2 Å². The highest BCUT2D eigenvalue weighted by Gasteiger charge is 2.18. The van der Waals surface area contributed by atoms with E-state index in [9.17, 15) is 0 Å². The highest BCUT2D eigenvalue weighted by molar-refractivity contribution is 6.10. The van der Waals surface area contributed by atoms with Gasteiger partial charge in [-0.2, -0.15) is 0 Å². The van der Waals surface area contributed by atoms with Gasteiger partial charge in [-0.3, -0.25) is 0 Å². The van der Waals surface area contributed by atoms with Crippen molar-refractivity contribution in [2.24, 2.45) is 0 Å². The lowest BCUT2D eigenvalue weighted by molar-refractivity contribution is 0.669. The molecule has 0 aliphatic rings. The molecule has 11 aromatic rings. The summed E-state index contributed by atoms with van der Waals surface area (Å²) in [5.41, 5.74) is 15.6. The molecule has 0 radical (unpaired) electrons. The van der Waals surface area contributed by atoms with E-state index >= 15 is 0 Å². The Morgan fingerprint density at radius 2 is 0.772 bits per heavy atom. The molecule has 11 rings (SSSR count). The molecule has 0 atom stereocenters. The molecule has 3 heteroatoms. The summed E-state index contributed by atoms with van der Waals surface area (Å²) in [6.07, 6.45) is 0. The summed E-state index contributed by atoms with van der Waals surface area (Å²) in [4.78, 5) is 2.32. The predicted octanol–water partition coefficient (Wildman–Crippen LogP) is 15.2. The number of fused-ring (bicyclic) bond motifs is 6. The first-order valence-corrected chi connectivity index (χ1v) is 19.4. The maximum absolute atomic E-state index is 6.39. The van der Waals surface area contributed by atoms with Crippen LogP contribution in [0.25, 0.3) is 82.8 Å². The van der Waals surface area contributed by atoms with E-state index < -0.39 is 0 Å². The quantitative estimate of drug-likeness (QED) is 0.163. The fourth-order valence-electron chi connectivity index (χ4n) is 8.47. The average molecular weight is 729 g/mol. The number of aromatic nitrogens is 1. The first-order chi connectivity index (χ1) is 28.3. The highest BCUT2D eigenvalue weighted by atomic mass is 16.3. The maximum atomic E-state index is 6.39. The standard InChI is InChI=1S/C54H36N2O/c1-2-12-37(13-3-1)38-22-24-39(25-23-38)40-26-30-42(31-27-40)55(44-34-35-49-48-17-7-11-21-53(48)57-54(49)36-44)43-32-28-41(29-33-43)45-14-4-8-18-50(45)56-51-19-9-5-15-46(51)47-16-6-10-20-52(47)56/h1-36H. The lowest BCUT2D eigenvalue weighted by Gasteiger charge is -2.26. The van der Waals surface area contributed by atoms with Gasteiger partial charge in [-0.1, -0.05) is 152 Å². The summed E-state index contributed by atoms with van der Waals surface area (Å²) < 4.78 is 8.79. The molecule has 0 saturated carbocycles. The molecule has 2 aromatic heterocycles. The maximum Gasteiger partial charge on any atom is 0.137 e. The second-order valence-corrected chi connectivity index (χ2v) is 14.5. The molecule has 57 heavy (non-hydrogen) atoms. The molecule has 0 aliphatic carbocycles. The molecule has 0 N–H and O–H groups in total. The fraction of sp³-hybridized carbons (Fsp3) is 0. The number of furan rings is 1. The fourth-order valence-corrected chi connectivity index (χ4v) is 8.47. The second kappa shape index (κ2) is 13.6. The third-order valence-electron chi connectivity index (χ3n) is 11.2. The normalized spacial score (nSPS) is 11.5. The van der Waals surface area contributed by atoms with Crippen LogP contribution in [-0.4, -0.2) is 4.57 Å². The number of nitrogens with zero attached hydrogens (tertiary/aromatic N) is 2. The van der Waals surface area contributed by atoms with Crippen LogP contribution in [-0.2, 0) is 0 Å². The smallest absolute Gasteiger partial charge is 0.137 e. The zero-order valence-electron chi connectivity index (χ0n) is 31.1. The van der Waals surface area contributed by atoms with Gasteiger partial charge in [0.2, 0.25) is 0 Å². The zero-order valence-corrected chi connectivity index (χ0v) is 31.1. The third-order valence-corrected chi connectivity index (χ3v) is 11.2. The average Bonchev–Trinajstić information content (AvgIpc) is 3.83. The molecule has 268 valence electrons. The Morgan fingerprint density at radius 1 is 0.316 bits per heavy atom. The number of benzene rings is 9. The van der Waals surface area contributed by atoms with E-state index in [1.807, 2.05) is 12.1 Å². The van der Waals surface area contributed by atoms with Gasteiger partial charge in [0.25, 0.3) is 0 Å². The van der Waals surface area contributed by atoms with Gasteiger partial charge in [0.1, 0.15) is 11.2 Å². The summed E-state index contributed by atoms with van der Waals surface area (Å²) >= 11 is 0. The van der Waals surface area contributed by atoms with Crippen LogP contribution >= 0.6 is 0 Å². The minimum atomic E-state index is 0.866. The molecule has 0 spiro atoms. The summed E-state index contributed by atoms with van der Waals surface area (Å²) in [5.74, 6) is 0. The molecule has 0 fully saturated rings. The van der Waals surface area contributed by atoms with Crippen molar-refractivity contribution in [3.63, 3.8) is 0 Å². The molecule has 9 aromatic carbocycles. The van der Waals surface area contributed by atoms with E-state index in [0.29, 0.717) is 0 Å². The molecule has 0 saturated heterocycles. The minimum absolute atomic E-state index is 0.866. The monoisotopic (exact) mass is 728 g/mol. The van der Waals surface area contributed by atoms with Crippen LogP contribution in [0.2, 0.25) is 0 Å². The van der Waals surface area contributed by atoms with Crippen LogP contribution in [0.3, 0.4) is 0 Å². The van der Waals surface area contributed by atoms with E-state index in [1.54, 1.807) is 0 Å². The van der Waals surface area contributed by atoms with Crippen molar-refractivity contribution in [2.45, 2.75) is 0 Å². The molecule has 0 amide bonds. The van der Waals surface area contributed by atoms with Gasteiger partial charge in [-0.25, -0.2) is 0 Å². The lowest BCUT2D eigenvalue weighted by atomic mass is 10.00. The van der Waals surface area contributed by atoms with E-state index in [1.165, 1.54) is 49.6 Å². The van der Waals surface area contributed by atoms with Crippen molar-refractivity contribution in [3.05, 3.63) is 218 Å². The van der Waals surface area contributed by atoms with Crippen LogP contribution < -0.4 is 4.90 Å². The van der Waals surface area contributed by atoms with Crippen molar-refractivity contribution in [1.29, 1.82) is 0 Å². The Bertz CT molecular complexity index is 3160. The van der Waals surface area contributed by atoms with E-state index in [2.05, 4.69) is 216 Å². The molecule has 0 unspecified atom stereocenters. The summed E-state index contributed by atoms with van der Waals surface area (Å²) in [6.45, 7) is 0. The van der Waals surface area contributed by atoms with Crippen LogP contribution in [0.15, 0.2) is 223 Å². The Balaban J connectivity index is 0.997. The van der Waals surface area contributed by atoms with Gasteiger partial charge in [0.05, 0.1) is 16.7 Å². The topological polar surface area (TPSA) is 21.3 Å². The Labute approximate surface area is 330 Å². The zero-order chi connectivity index (χ0) is 37.7. The largest absolute Gasteiger partial charge is 0.456 e. The predicted molar refractivity (Wildman–Crippen MR) is 239 cm³/mol. The van der Waals surface area contributed by atoms with Gasteiger partial charge < -0.3 is 13.9 Å². The number of rotatable bonds is 7. The molecular formula is C54H36N2O. The molecule has 3 nitrogen and oxygen atoms in total. The van der Waals surface area contributed by atoms with Gasteiger partial charge in [-0.05, 0) is 88.5 Å². The SMILES string of the molecule is c1ccc(-c2ccc(-c3ccc(N(c4ccc(-c5ccccc5-n5c6ccccc6c6ccccc65)cc4)c4ccc5c(c4)oc4ccccc45)cc3)cc2)cc1. The van der Waals surface area contributed by atoms with E-state index in [4.69, 9.17) is 4.42 Å². The Morgan fingerprint density at radius 3 is 1.42 bits per heavy atom. The number of hydrogen-bond donors (Lipinski definition) is 0. The minimum Gasteiger partial charge on any atom is -0.456 e. The van der Waals surface area contributed by atoms with Crippen LogP contribution in [0.5, 0.6) is 0 Å². The van der Waals surface area contributed by atoms with Crippen molar-refractivity contribution in [1.82, 2.24) is 4.57 Å². The van der Waals surface area contributed by atoms with E-state index in [0.717, 1.165) is 50.3 Å². The Hall–Kier alpha value is -7.62. The number of anilines is 3. The third kappa shape index (κ3) is 5.68. The van der Waals surface area contributed by atoms with Crippen molar-refractivity contribution in [2.75, 3.05) is 4.90 Å². The lowest BCUT2D eigenvalue weighted by Crippen LogP contribution is -2.09. The van der Waals surface area contributed by atoms with Crippen LogP contribution in [0, 0.1) is 0 Å². The summed E-state index contributed by atoms with van der Waals surface area (Å²) in [5, 5.41) is 4.75. The first kappa shape index (κ1) is 32.8. The van der Waals surface area contributed by atoms with Gasteiger partial charge in [0.15, 0.2) is 0 Å². The van der Waals surface area contributed by atoms with Gasteiger partial charge >= 0.3 is 0 Å². The van der Waals surface area contributed by atoms with Crippen molar-refractivity contribution < 1.29 is 4.42 Å². The van der Waals surface area contributed by atoms with E-state index in [-0.39, 0.29) is 0 Å². The highest BCUT2D eigenvalue weighted by Crippen LogP contribution is 2.41. The summed E-state index contributed by atoms with van der Waals surface area (Å²) in [7, 11) is 0. The number of para-hydroxylation sites is 4. The van der Waals surface area contributed by atoms with Crippen LogP contribution in [0.4, 0.5) is 17.1 Å². The number of hydrogen-bond acceptors (Lipinski definition) is 2. The van der Waals surface area contributed by atoms with Crippen LogP contribution in [0.1, 0.15) is 0 Å². The first-order valence-electron chi connectivity index (χ1n) is 19.4. The van der Waals surface area contributed by atoms with Gasteiger partial charge in [-0.15, -0.1) is 0 Å². The Kier molecular flexibility index (Phi) is 7.82. The molecule has 0 aliphatic heterocycles. The molecule has 0 bridgehead atoms. The molecular weight excluding hydrogens is 693 g/mol. The van der Waals surface area contributed by atoms with Crippen molar-refractivity contribution >= 4 is 60.8 Å².